The molecule has 2 aliphatic heterocycles. The molecule has 0 bridgehead atoms. The van der Waals surface area contributed by atoms with Crippen LogP contribution in [0.4, 0.5) is 5.69 Å². The molecule has 0 amide bonds. The SMILES string of the molecule is c1ccc(C(c2ccccc2)[C@@H]2CCN3C(=N2)Sc2ccccc23)cc1. The first-order valence-corrected chi connectivity index (χ1v) is 9.94. The van der Waals surface area contributed by atoms with Crippen molar-refractivity contribution in [1.29, 1.82) is 0 Å². The largest absolute Gasteiger partial charge is 0.320 e. The van der Waals surface area contributed by atoms with Crippen LogP contribution < -0.4 is 4.90 Å². The fourth-order valence-electron chi connectivity index (χ4n) is 4.00. The molecule has 0 unspecified atom stereocenters. The fourth-order valence-corrected chi connectivity index (χ4v) is 5.12. The Morgan fingerprint density at radius 2 is 1.42 bits per heavy atom. The minimum Gasteiger partial charge on any atom is -0.320 e. The van der Waals surface area contributed by atoms with Gasteiger partial charge in [0.15, 0.2) is 5.17 Å². The van der Waals surface area contributed by atoms with E-state index in [1.54, 1.807) is 0 Å². The van der Waals surface area contributed by atoms with E-state index in [1.165, 1.54) is 21.7 Å². The topological polar surface area (TPSA) is 15.6 Å². The van der Waals surface area contributed by atoms with Crippen molar-refractivity contribution < 1.29 is 0 Å². The Morgan fingerprint density at radius 3 is 2.12 bits per heavy atom. The number of hydrogen-bond acceptors (Lipinski definition) is 3. The Bertz CT molecular complexity index is 897. The van der Waals surface area contributed by atoms with Crippen LogP contribution >= 0.6 is 11.8 Å². The van der Waals surface area contributed by atoms with Crippen LogP contribution in [0.3, 0.4) is 0 Å². The molecule has 128 valence electrons. The highest BCUT2D eigenvalue weighted by molar-refractivity contribution is 8.14. The Kier molecular flexibility index (Phi) is 4.02. The Hall–Kier alpha value is -2.52. The molecule has 0 fully saturated rings. The van der Waals surface area contributed by atoms with E-state index in [0.29, 0.717) is 5.92 Å². The molecule has 5 rings (SSSR count). The van der Waals surface area contributed by atoms with Crippen LogP contribution in [0.15, 0.2) is 94.8 Å². The summed E-state index contributed by atoms with van der Waals surface area (Å²) in [5.41, 5.74) is 4.01. The maximum atomic E-state index is 5.22. The van der Waals surface area contributed by atoms with E-state index in [4.69, 9.17) is 4.99 Å². The highest BCUT2D eigenvalue weighted by atomic mass is 32.2. The van der Waals surface area contributed by atoms with Gasteiger partial charge in [0, 0.05) is 17.4 Å². The maximum Gasteiger partial charge on any atom is 0.169 e. The van der Waals surface area contributed by atoms with E-state index in [9.17, 15) is 0 Å². The average molecular weight is 356 g/mol. The van der Waals surface area contributed by atoms with E-state index in [-0.39, 0.29) is 6.04 Å². The first-order chi connectivity index (χ1) is 12.9. The van der Waals surface area contributed by atoms with Crippen molar-refractivity contribution in [2.24, 2.45) is 4.99 Å². The number of benzene rings is 3. The van der Waals surface area contributed by atoms with Gasteiger partial charge in [-0.25, -0.2) is 0 Å². The summed E-state index contributed by atoms with van der Waals surface area (Å²) in [5.74, 6) is 0.302. The summed E-state index contributed by atoms with van der Waals surface area (Å²) in [4.78, 5) is 8.92. The average Bonchev–Trinajstić information content (AvgIpc) is 3.08. The van der Waals surface area contributed by atoms with Gasteiger partial charge in [-0.05, 0) is 41.4 Å². The van der Waals surface area contributed by atoms with Crippen molar-refractivity contribution in [2.75, 3.05) is 11.4 Å². The number of nitrogens with zero attached hydrogens (tertiary/aromatic N) is 2. The standard InChI is InChI=1S/C23H20N2S/c1-3-9-17(10-4-1)22(18-11-5-2-6-12-18)19-15-16-25-20-13-7-8-14-21(20)26-23(25)24-19/h1-14,19,22H,15-16H2/t19-/m0/s1. The van der Waals surface area contributed by atoms with E-state index in [2.05, 4.69) is 89.8 Å². The van der Waals surface area contributed by atoms with Crippen molar-refractivity contribution in [3.8, 4) is 0 Å². The quantitative estimate of drug-likeness (QED) is 0.610. The molecule has 0 saturated carbocycles. The molecule has 0 saturated heterocycles. The van der Waals surface area contributed by atoms with Crippen molar-refractivity contribution in [2.45, 2.75) is 23.3 Å². The van der Waals surface area contributed by atoms with E-state index < -0.39 is 0 Å². The van der Waals surface area contributed by atoms with Crippen molar-refractivity contribution in [3.05, 3.63) is 96.1 Å². The third kappa shape index (κ3) is 2.73. The predicted molar refractivity (Wildman–Crippen MR) is 110 cm³/mol. The number of aliphatic imine (C=N–C) groups is 1. The number of fused-ring (bicyclic) bond motifs is 3. The Balaban J connectivity index is 1.54. The van der Waals surface area contributed by atoms with Crippen molar-refractivity contribution >= 4 is 22.6 Å². The summed E-state index contributed by atoms with van der Waals surface area (Å²) in [5, 5.41) is 1.15. The van der Waals surface area contributed by atoms with Gasteiger partial charge in [0.25, 0.3) is 0 Å². The summed E-state index contributed by atoms with van der Waals surface area (Å²) in [7, 11) is 0. The number of thioether (sulfide) groups is 1. The molecule has 0 N–H and O–H groups in total. The molecule has 2 nitrogen and oxygen atoms in total. The van der Waals surface area contributed by atoms with Gasteiger partial charge in [-0.3, -0.25) is 4.99 Å². The normalized spacial score (nSPS) is 18.4. The molecule has 3 heteroatoms. The molecule has 2 aliphatic rings. The fraction of sp³-hybridized carbons (Fsp3) is 0.174. The minimum atomic E-state index is 0.271. The van der Waals surface area contributed by atoms with Gasteiger partial charge in [-0.1, -0.05) is 72.8 Å². The van der Waals surface area contributed by atoms with Gasteiger partial charge in [0.05, 0.1) is 11.7 Å². The number of amidine groups is 1. The summed E-state index contributed by atoms with van der Waals surface area (Å²) in [6.07, 6.45) is 1.06. The second kappa shape index (κ2) is 6.65. The van der Waals surface area contributed by atoms with E-state index in [0.717, 1.165) is 18.1 Å². The van der Waals surface area contributed by atoms with E-state index >= 15 is 0 Å². The lowest BCUT2D eigenvalue weighted by Gasteiger charge is -2.32. The first kappa shape index (κ1) is 15.7. The third-order valence-electron chi connectivity index (χ3n) is 5.22. The summed E-state index contributed by atoms with van der Waals surface area (Å²) < 4.78 is 0. The predicted octanol–water partition coefficient (Wildman–Crippen LogP) is 5.56. The van der Waals surface area contributed by atoms with Crippen LogP contribution in [-0.2, 0) is 0 Å². The third-order valence-corrected chi connectivity index (χ3v) is 6.29. The maximum absolute atomic E-state index is 5.22. The van der Waals surface area contributed by atoms with Crippen molar-refractivity contribution in [1.82, 2.24) is 0 Å². The van der Waals surface area contributed by atoms with Gasteiger partial charge < -0.3 is 4.90 Å². The number of hydrogen-bond donors (Lipinski definition) is 0. The Morgan fingerprint density at radius 1 is 0.808 bits per heavy atom. The van der Waals surface area contributed by atoms with Crippen LogP contribution in [0.2, 0.25) is 0 Å². The molecule has 1 atom stereocenters. The molecule has 0 radical (unpaired) electrons. The van der Waals surface area contributed by atoms with Crippen LogP contribution in [0.5, 0.6) is 0 Å². The first-order valence-electron chi connectivity index (χ1n) is 9.12. The van der Waals surface area contributed by atoms with Gasteiger partial charge in [0.2, 0.25) is 0 Å². The molecule has 3 aromatic rings. The highest BCUT2D eigenvalue weighted by Crippen LogP contribution is 2.44. The molecule has 0 aliphatic carbocycles. The van der Waals surface area contributed by atoms with Gasteiger partial charge >= 0.3 is 0 Å². The second-order valence-electron chi connectivity index (χ2n) is 6.79. The monoisotopic (exact) mass is 356 g/mol. The smallest absolute Gasteiger partial charge is 0.169 e. The second-order valence-corrected chi connectivity index (χ2v) is 7.80. The molecule has 0 aromatic heterocycles. The van der Waals surface area contributed by atoms with Crippen molar-refractivity contribution in [3.63, 3.8) is 0 Å². The zero-order valence-corrected chi connectivity index (χ0v) is 15.3. The van der Waals surface area contributed by atoms with Crippen LogP contribution in [0.1, 0.15) is 23.5 Å². The van der Waals surface area contributed by atoms with Crippen LogP contribution in [0, 0.1) is 0 Å². The molecule has 3 aromatic carbocycles. The summed E-state index contributed by atoms with van der Waals surface area (Å²) >= 11 is 1.81. The highest BCUT2D eigenvalue weighted by Gasteiger charge is 2.34. The van der Waals surface area contributed by atoms with Gasteiger partial charge in [-0.2, -0.15) is 0 Å². The lowest BCUT2D eigenvalue weighted by Crippen LogP contribution is -2.36. The van der Waals surface area contributed by atoms with E-state index in [1.807, 2.05) is 11.8 Å². The zero-order valence-electron chi connectivity index (χ0n) is 14.5. The summed E-state index contributed by atoms with van der Waals surface area (Å²) in [6.45, 7) is 1.03. The molecule has 2 heterocycles. The van der Waals surface area contributed by atoms with Crippen LogP contribution in [-0.4, -0.2) is 17.8 Å². The molecular weight excluding hydrogens is 336 g/mol. The Labute approximate surface area is 158 Å². The lowest BCUT2D eigenvalue weighted by atomic mass is 9.83. The summed E-state index contributed by atoms with van der Waals surface area (Å²) in [6, 6.07) is 30.6. The number of para-hydroxylation sites is 1. The minimum absolute atomic E-state index is 0.271. The van der Waals surface area contributed by atoms with Gasteiger partial charge in [0.1, 0.15) is 0 Å². The van der Waals surface area contributed by atoms with Gasteiger partial charge in [-0.15, -0.1) is 0 Å². The van der Waals surface area contributed by atoms with Crippen LogP contribution in [0.25, 0.3) is 0 Å². The molecule has 0 spiro atoms. The number of rotatable bonds is 3. The lowest BCUT2D eigenvalue weighted by molar-refractivity contribution is 0.544. The zero-order chi connectivity index (χ0) is 17.3. The molecule has 26 heavy (non-hydrogen) atoms. The molecular formula is C23H20N2S. The number of anilines is 1.